The molecule has 24 heteroatoms. The van der Waals surface area contributed by atoms with Crippen molar-refractivity contribution >= 4 is 68.2 Å². The molecule has 0 saturated carbocycles. The Balaban J connectivity index is 1.54. The Bertz CT molecular complexity index is 3060. The van der Waals surface area contributed by atoms with Crippen LogP contribution in [0.2, 0.25) is 10.0 Å². The lowest BCUT2D eigenvalue weighted by molar-refractivity contribution is -0.138. The predicted octanol–water partition coefficient (Wildman–Crippen LogP) is 3.22. The Hall–Kier alpha value is -7.66. The van der Waals surface area contributed by atoms with Crippen molar-refractivity contribution in [2.24, 2.45) is 14.1 Å². The third-order valence-corrected chi connectivity index (χ3v) is 10.5. The molecule has 2 amide bonds. The topological polar surface area (TPSA) is 357 Å². The maximum atomic E-state index is 14.2. The number of carbonyl (C=O) groups is 2. The second kappa shape index (κ2) is 15.1. The number of aliphatic hydroxyl groups is 2. The van der Waals surface area contributed by atoms with Crippen LogP contribution in [0.5, 0.6) is 74.7 Å². The van der Waals surface area contributed by atoms with E-state index in [1.807, 2.05) is 0 Å². The number of pyridine rings is 2. The number of aromatic hydroxyl groups is 11. The lowest BCUT2D eigenvalue weighted by Crippen LogP contribution is -2.51. The Kier molecular flexibility index (Phi) is 10.7. The highest BCUT2D eigenvalue weighted by molar-refractivity contribution is 6.38. The van der Waals surface area contributed by atoms with Crippen LogP contribution < -0.4 is 25.7 Å². The van der Waals surface area contributed by atoms with Crippen molar-refractivity contribution in [2.75, 3.05) is 16.3 Å². The van der Waals surface area contributed by atoms with Gasteiger partial charge in [0.2, 0.25) is 34.5 Å². The van der Waals surface area contributed by atoms with Crippen molar-refractivity contribution in [1.82, 2.24) is 9.13 Å². The van der Waals surface area contributed by atoms with Crippen molar-refractivity contribution in [2.45, 2.75) is 19.8 Å². The van der Waals surface area contributed by atoms with Crippen LogP contribution in [0.4, 0.5) is 11.4 Å². The van der Waals surface area contributed by atoms with Crippen molar-refractivity contribution < 1.29 is 80.7 Å². The van der Waals surface area contributed by atoms with Gasteiger partial charge in [0.1, 0.15) is 39.8 Å². The van der Waals surface area contributed by atoms with Gasteiger partial charge in [-0.1, -0.05) is 29.3 Å². The van der Waals surface area contributed by atoms with Crippen LogP contribution in [0, 0.1) is 0 Å². The fraction of sp³-hybridized carbons (Fsp3) is 0.158. The number of amides is 2. The molecule has 0 atom stereocenters. The van der Waals surface area contributed by atoms with Gasteiger partial charge >= 0.3 is 0 Å². The first-order chi connectivity index (χ1) is 28.8. The number of fused-ring (bicyclic) bond motifs is 2. The average Bonchev–Trinajstić information content (AvgIpc) is 3.21. The molecule has 22 nitrogen and oxygen atoms in total. The lowest BCUT2D eigenvalue weighted by atomic mass is 10.1. The molecule has 0 aliphatic heterocycles. The lowest BCUT2D eigenvalue weighted by Gasteiger charge is -2.33. The smallest absolute Gasteiger partial charge is 0.272 e. The SMILES string of the molecule is CCN(C(=O)c1c(O)c2c(Cl)c(Oc3c(O)c(O)c(O)c(N(C(=O)c4c(O)c5c(Cl)cccc5n(C)c4=O)C(C)(O)O)c3O)ccc2n(C)c1=O)c1c(O)c(O)c(O)c(O)c1O. The minimum Gasteiger partial charge on any atom is -0.506 e. The number of carbonyl (C=O) groups excluding carboxylic acids is 2. The molecule has 0 unspecified atom stereocenters. The number of rotatable bonds is 8. The largest absolute Gasteiger partial charge is 0.506 e. The maximum absolute atomic E-state index is 14.2. The van der Waals surface area contributed by atoms with E-state index in [-0.39, 0.29) is 26.3 Å². The normalized spacial score (nSPS) is 11.6. The number of aryl methyl sites for hydroxylation is 2. The van der Waals surface area contributed by atoms with Gasteiger partial charge in [0, 0.05) is 27.6 Å². The van der Waals surface area contributed by atoms with Crippen molar-refractivity contribution in [3.05, 3.63) is 72.2 Å². The predicted molar refractivity (Wildman–Crippen MR) is 217 cm³/mol. The monoisotopic (exact) mass is 902 g/mol. The van der Waals surface area contributed by atoms with E-state index in [1.165, 1.54) is 32.2 Å². The molecule has 62 heavy (non-hydrogen) atoms. The Labute approximate surface area is 354 Å². The average molecular weight is 904 g/mol. The second-order valence-electron chi connectivity index (χ2n) is 13.5. The second-order valence-corrected chi connectivity index (χ2v) is 14.3. The molecule has 0 aliphatic rings. The number of hydrogen-bond donors (Lipinski definition) is 13. The number of phenolic OH excluding ortho intramolecular Hbond substituents is 9. The molecule has 0 aliphatic carbocycles. The highest BCUT2D eigenvalue weighted by Gasteiger charge is 2.43. The van der Waals surface area contributed by atoms with E-state index >= 15 is 0 Å². The molecular formula is C38H32Cl2N4O18. The fourth-order valence-corrected chi connectivity index (χ4v) is 7.26. The van der Waals surface area contributed by atoms with Crippen LogP contribution >= 0.6 is 23.2 Å². The molecule has 0 radical (unpaired) electrons. The van der Waals surface area contributed by atoms with Gasteiger partial charge in [-0.25, -0.2) is 4.90 Å². The highest BCUT2D eigenvalue weighted by Crippen LogP contribution is 2.59. The Morgan fingerprint density at radius 2 is 1.10 bits per heavy atom. The maximum Gasteiger partial charge on any atom is 0.272 e. The van der Waals surface area contributed by atoms with Gasteiger partial charge in [0.05, 0.1) is 31.9 Å². The first-order valence-electron chi connectivity index (χ1n) is 17.3. The van der Waals surface area contributed by atoms with Crippen LogP contribution in [0.1, 0.15) is 34.6 Å². The zero-order valence-corrected chi connectivity index (χ0v) is 33.5. The number of phenols is 9. The summed E-state index contributed by atoms with van der Waals surface area (Å²) in [4.78, 5) is 55.3. The molecule has 2 heterocycles. The van der Waals surface area contributed by atoms with Crippen LogP contribution in [0.15, 0.2) is 39.9 Å². The molecule has 0 saturated heterocycles. The van der Waals surface area contributed by atoms with E-state index < -0.39 is 143 Å². The molecule has 0 spiro atoms. The minimum absolute atomic E-state index is 0.0246. The van der Waals surface area contributed by atoms with Crippen LogP contribution in [-0.4, -0.2) is 99.8 Å². The molecule has 0 bridgehead atoms. The molecular weight excluding hydrogens is 871 g/mol. The summed E-state index contributed by atoms with van der Waals surface area (Å²) in [6.07, 6.45) is 0. The third kappa shape index (κ3) is 6.35. The molecule has 6 rings (SSSR count). The van der Waals surface area contributed by atoms with Crippen LogP contribution in [0.25, 0.3) is 21.8 Å². The quantitative estimate of drug-likeness (QED) is 0.0592. The van der Waals surface area contributed by atoms with E-state index in [9.17, 15) is 85.6 Å². The van der Waals surface area contributed by atoms with Gasteiger partial charge in [-0.15, -0.1) is 0 Å². The number of benzene rings is 4. The number of halogens is 2. The zero-order chi connectivity index (χ0) is 46.3. The molecule has 2 aromatic heterocycles. The van der Waals surface area contributed by atoms with Gasteiger partial charge in [-0.3, -0.25) is 19.2 Å². The number of hydrogen-bond acceptors (Lipinski definition) is 18. The molecule has 13 N–H and O–H groups in total. The summed E-state index contributed by atoms with van der Waals surface area (Å²) < 4.78 is 7.26. The Morgan fingerprint density at radius 3 is 1.63 bits per heavy atom. The van der Waals surface area contributed by atoms with Crippen LogP contribution in [-0.2, 0) is 14.1 Å². The highest BCUT2D eigenvalue weighted by atomic mass is 35.5. The standard InChI is InChI=1S/C38H32Cl2N4O18/c1-5-43(20-24(47)28(51)31(54)29(52)25(20)48)36(58)17-23(46)16-13(42(4)34(17)56)9-10-14(19(16)40)62-33-27(50)21(26(49)30(53)32(33)55)44(38(2,60)61)37(59)18-22(45)15-11(39)7-6-8-12(15)41(3)35(18)57/h6-10,45-55,60-61H,5H2,1-4H3. The molecule has 4 aromatic carbocycles. The van der Waals surface area contributed by atoms with Gasteiger partial charge in [0.15, 0.2) is 23.0 Å². The van der Waals surface area contributed by atoms with Gasteiger partial charge < -0.3 is 85.2 Å². The zero-order valence-electron chi connectivity index (χ0n) is 32.0. The van der Waals surface area contributed by atoms with E-state index in [1.54, 1.807) is 0 Å². The van der Waals surface area contributed by atoms with Crippen molar-refractivity contribution in [3.63, 3.8) is 0 Å². The van der Waals surface area contributed by atoms with Gasteiger partial charge in [0.25, 0.3) is 28.8 Å². The van der Waals surface area contributed by atoms with E-state index in [4.69, 9.17) is 27.9 Å². The summed E-state index contributed by atoms with van der Waals surface area (Å²) in [5, 5.41) is 138. The van der Waals surface area contributed by atoms with E-state index in [2.05, 4.69) is 0 Å². The van der Waals surface area contributed by atoms with Crippen molar-refractivity contribution in [1.29, 1.82) is 0 Å². The summed E-state index contributed by atoms with van der Waals surface area (Å²) in [5.74, 6) is -24.1. The van der Waals surface area contributed by atoms with Gasteiger partial charge in [-0.05, 0) is 31.2 Å². The third-order valence-electron chi connectivity index (χ3n) is 9.78. The summed E-state index contributed by atoms with van der Waals surface area (Å²) in [7, 11) is 2.29. The molecule has 0 fully saturated rings. The number of anilines is 2. The van der Waals surface area contributed by atoms with E-state index in [0.29, 0.717) is 11.8 Å². The van der Waals surface area contributed by atoms with Crippen LogP contribution in [0.3, 0.4) is 0 Å². The first kappa shape index (κ1) is 43.9. The number of nitrogens with zero attached hydrogens (tertiary/aromatic N) is 4. The first-order valence-corrected chi connectivity index (χ1v) is 18.1. The molecule has 326 valence electrons. The Morgan fingerprint density at radius 1 is 0.629 bits per heavy atom. The fourth-order valence-electron chi connectivity index (χ4n) is 6.72. The minimum atomic E-state index is -3.53. The summed E-state index contributed by atoms with van der Waals surface area (Å²) in [5.41, 5.74) is -7.40. The van der Waals surface area contributed by atoms with Crippen molar-refractivity contribution in [3.8, 4) is 74.7 Å². The number of ether oxygens (including phenoxy) is 1. The number of aromatic nitrogens is 2. The van der Waals surface area contributed by atoms with E-state index in [0.717, 1.165) is 28.3 Å². The summed E-state index contributed by atoms with van der Waals surface area (Å²) >= 11 is 12.9. The summed E-state index contributed by atoms with van der Waals surface area (Å²) in [6, 6.07) is 6.11. The molecule has 6 aromatic rings. The van der Waals surface area contributed by atoms with Gasteiger partial charge in [-0.2, -0.15) is 0 Å². The summed E-state index contributed by atoms with van der Waals surface area (Å²) in [6.45, 7) is 1.23.